The quantitative estimate of drug-likeness (QED) is 0.579. The molecule has 0 spiro atoms. The van der Waals surface area contributed by atoms with Gasteiger partial charge in [0.05, 0.1) is 7.11 Å². The van der Waals surface area contributed by atoms with E-state index in [0.29, 0.717) is 33.7 Å². The predicted molar refractivity (Wildman–Crippen MR) is 101 cm³/mol. The highest BCUT2D eigenvalue weighted by Crippen LogP contribution is 2.28. The van der Waals surface area contributed by atoms with Crippen LogP contribution in [0.15, 0.2) is 53.5 Å². The second kappa shape index (κ2) is 9.91. The minimum atomic E-state index is -2.95. The molecule has 1 amide bonds. The molecule has 27 heavy (non-hydrogen) atoms. The van der Waals surface area contributed by atoms with Crippen LogP contribution in [-0.2, 0) is 6.54 Å². The third-order valence-corrected chi connectivity index (χ3v) is 3.95. The smallest absolute Gasteiger partial charge is 0.387 e. The molecule has 0 bridgehead atoms. The molecule has 2 aromatic rings. The van der Waals surface area contributed by atoms with Crippen molar-refractivity contribution in [1.29, 1.82) is 0 Å². The third kappa shape index (κ3) is 5.96. The number of methoxy groups -OCH3 is 1. The van der Waals surface area contributed by atoms with Crippen molar-refractivity contribution in [3.05, 3.63) is 64.7 Å². The van der Waals surface area contributed by atoms with Crippen molar-refractivity contribution in [2.75, 3.05) is 13.7 Å². The highest BCUT2D eigenvalue weighted by Gasteiger charge is 2.14. The van der Waals surface area contributed by atoms with Gasteiger partial charge >= 0.3 is 6.61 Å². The lowest BCUT2D eigenvalue weighted by molar-refractivity contribution is -0.0504. The number of alkyl halides is 2. The number of ether oxygens (including phenoxy) is 3. The largest absolute Gasteiger partial charge is 0.493 e. The van der Waals surface area contributed by atoms with Crippen LogP contribution >= 0.6 is 15.9 Å². The molecule has 0 unspecified atom stereocenters. The molecule has 0 saturated carbocycles. The van der Waals surface area contributed by atoms with E-state index in [1.165, 1.54) is 19.2 Å². The van der Waals surface area contributed by atoms with E-state index < -0.39 is 12.5 Å². The van der Waals surface area contributed by atoms with Crippen LogP contribution < -0.4 is 19.5 Å². The van der Waals surface area contributed by atoms with Gasteiger partial charge in [-0.05, 0) is 36.4 Å². The predicted octanol–water partition coefficient (Wildman–Crippen LogP) is 4.55. The molecule has 0 aliphatic rings. The molecule has 2 aromatic carbocycles. The molecule has 144 valence electrons. The minimum absolute atomic E-state index is 0.000691. The zero-order chi connectivity index (χ0) is 19.8. The minimum Gasteiger partial charge on any atom is -0.493 e. The fraction of sp³-hybridized carbons (Fsp3) is 0.211. The molecule has 0 fully saturated rings. The van der Waals surface area contributed by atoms with Gasteiger partial charge in [0.25, 0.3) is 5.91 Å². The van der Waals surface area contributed by atoms with Gasteiger partial charge in [-0.2, -0.15) is 8.78 Å². The average molecular weight is 442 g/mol. The first-order chi connectivity index (χ1) is 12.9. The normalized spacial score (nSPS) is 10.4. The number of amides is 1. The van der Waals surface area contributed by atoms with Gasteiger partial charge in [0.1, 0.15) is 12.4 Å². The van der Waals surface area contributed by atoms with Crippen molar-refractivity contribution in [3.8, 4) is 17.2 Å². The molecule has 0 aliphatic heterocycles. The van der Waals surface area contributed by atoms with Gasteiger partial charge in [-0.3, -0.25) is 4.79 Å². The second-order valence-corrected chi connectivity index (χ2v) is 6.19. The summed E-state index contributed by atoms with van der Waals surface area (Å²) in [6.07, 6.45) is 1.59. The Morgan fingerprint density at radius 3 is 2.63 bits per heavy atom. The van der Waals surface area contributed by atoms with Crippen LogP contribution in [0.2, 0.25) is 0 Å². The summed E-state index contributed by atoms with van der Waals surface area (Å²) in [5, 5.41) is 2.67. The number of benzene rings is 2. The number of carbonyl (C=O) groups is 1. The number of halogens is 3. The summed E-state index contributed by atoms with van der Waals surface area (Å²) < 4.78 is 40.9. The standard InChI is InChI=1S/C19H18BrF2NO4/c1-3-8-26-16-6-4-12(10-17(16)25-2)18(24)23-11-13-9-14(20)5-7-15(13)27-19(21)22/h3-7,9-10,19H,1,8,11H2,2H3,(H,23,24). The number of hydrogen-bond donors (Lipinski definition) is 1. The van der Waals surface area contributed by atoms with Crippen LogP contribution in [0.4, 0.5) is 8.78 Å². The molecule has 0 aromatic heterocycles. The topological polar surface area (TPSA) is 56.8 Å². The van der Waals surface area contributed by atoms with E-state index in [1.54, 1.807) is 30.3 Å². The van der Waals surface area contributed by atoms with Gasteiger partial charge in [-0.25, -0.2) is 0 Å². The van der Waals surface area contributed by atoms with Crippen molar-refractivity contribution < 1.29 is 27.8 Å². The molecule has 5 nitrogen and oxygen atoms in total. The Morgan fingerprint density at radius 1 is 1.22 bits per heavy atom. The highest BCUT2D eigenvalue weighted by molar-refractivity contribution is 9.10. The van der Waals surface area contributed by atoms with Gasteiger partial charge in [0, 0.05) is 22.1 Å². The Balaban J connectivity index is 2.12. The van der Waals surface area contributed by atoms with Crippen molar-refractivity contribution in [3.63, 3.8) is 0 Å². The Hall–Kier alpha value is -2.61. The Kier molecular flexibility index (Phi) is 7.60. The summed E-state index contributed by atoms with van der Waals surface area (Å²) in [6, 6.07) is 9.31. The molecular formula is C19H18BrF2NO4. The number of nitrogens with one attached hydrogen (secondary N) is 1. The maximum Gasteiger partial charge on any atom is 0.387 e. The van der Waals surface area contributed by atoms with E-state index in [4.69, 9.17) is 9.47 Å². The molecule has 8 heteroatoms. The summed E-state index contributed by atoms with van der Waals surface area (Å²) in [5.41, 5.74) is 0.750. The van der Waals surface area contributed by atoms with Crippen LogP contribution in [0.5, 0.6) is 17.2 Å². The van der Waals surface area contributed by atoms with Crippen LogP contribution in [-0.4, -0.2) is 26.2 Å². The Morgan fingerprint density at radius 2 is 1.96 bits per heavy atom. The van der Waals surface area contributed by atoms with Crippen molar-refractivity contribution in [2.24, 2.45) is 0 Å². The van der Waals surface area contributed by atoms with Crippen LogP contribution in [0.1, 0.15) is 15.9 Å². The maximum absolute atomic E-state index is 12.5. The summed E-state index contributed by atoms with van der Waals surface area (Å²) in [4.78, 5) is 12.4. The lowest BCUT2D eigenvalue weighted by Crippen LogP contribution is -2.23. The lowest BCUT2D eigenvalue weighted by atomic mass is 10.1. The number of carbonyl (C=O) groups excluding carboxylic acids is 1. The first-order valence-electron chi connectivity index (χ1n) is 7.87. The van der Waals surface area contributed by atoms with E-state index in [2.05, 4.69) is 32.6 Å². The SMILES string of the molecule is C=CCOc1ccc(C(=O)NCc2cc(Br)ccc2OC(F)F)cc1OC. The second-order valence-electron chi connectivity index (χ2n) is 5.28. The molecule has 0 saturated heterocycles. The molecule has 0 atom stereocenters. The average Bonchev–Trinajstić information content (AvgIpc) is 2.65. The van der Waals surface area contributed by atoms with Crippen LogP contribution in [0.25, 0.3) is 0 Å². The van der Waals surface area contributed by atoms with Gasteiger partial charge in [-0.15, -0.1) is 0 Å². The molecule has 0 aliphatic carbocycles. The number of hydrogen-bond acceptors (Lipinski definition) is 4. The molecule has 2 rings (SSSR count). The van der Waals surface area contributed by atoms with E-state index in [-0.39, 0.29) is 12.3 Å². The van der Waals surface area contributed by atoms with Gasteiger partial charge in [0.2, 0.25) is 0 Å². The van der Waals surface area contributed by atoms with E-state index in [1.807, 2.05) is 0 Å². The third-order valence-electron chi connectivity index (χ3n) is 3.46. The van der Waals surface area contributed by atoms with Crippen molar-refractivity contribution in [2.45, 2.75) is 13.2 Å². The van der Waals surface area contributed by atoms with E-state index >= 15 is 0 Å². The first-order valence-corrected chi connectivity index (χ1v) is 8.67. The van der Waals surface area contributed by atoms with Crippen LogP contribution in [0, 0.1) is 0 Å². The monoisotopic (exact) mass is 441 g/mol. The van der Waals surface area contributed by atoms with Gasteiger partial charge in [-0.1, -0.05) is 28.6 Å². The van der Waals surface area contributed by atoms with Gasteiger partial charge in [0.15, 0.2) is 11.5 Å². The Labute approximate surface area is 164 Å². The zero-order valence-electron chi connectivity index (χ0n) is 14.5. The van der Waals surface area contributed by atoms with Gasteiger partial charge < -0.3 is 19.5 Å². The fourth-order valence-corrected chi connectivity index (χ4v) is 2.66. The lowest BCUT2D eigenvalue weighted by Gasteiger charge is -2.13. The molecule has 0 radical (unpaired) electrons. The zero-order valence-corrected chi connectivity index (χ0v) is 16.1. The fourth-order valence-electron chi connectivity index (χ4n) is 2.25. The Bertz CT molecular complexity index is 814. The van der Waals surface area contributed by atoms with E-state index in [0.717, 1.165) is 0 Å². The summed E-state index contributed by atoms with van der Waals surface area (Å²) in [7, 11) is 1.47. The summed E-state index contributed by atoms with van der Waals surface area (Å²) in [6.45, 7) is 0.934. The van der Waals surface area contributed by atoms with E-state index in [9.17, 15) is 13.6 Å². The summed E-state index contributed by atoms with van der Waals surface area (Å²) in [5.74, 6) is 0.480. The maximum atomic E-state index is 12.5. The summed E-state index contributed by atoms with van der Waals surface area (Å²) >= 11 is 3.27. The van der Waals surface area contributed by atoms with Crippen molar-refractivity contribution >= 4 is 21.8 Å². The van der Waals surface area contributed by atoms with Crippen molar-refractivity contribution in [1.82, 2.24) is 5.32 Å². The first kappa shape index (κ1) is 20.7. The van der Waals surface area contributed by atoms with Crippen LogP contribution in [0.3, 0.4) is 0 Å². The molecular weight excluding hydrogens is 424 g/mol. The highest BCUT2D eigenvalue weighted by atomic mass is 79.9. The molecule has 1 N–H and O–H groups in total. The molecule has 0 heterocycles. The number of rotatable bonds is 9.